The predicted molar refractivity (Wildman–Crippen MR) is 100 cm³/mol. The summed E-state index contributed by atoms with van der Waals surface area (Å²) in [6.07, 6.45) is -8.27. The van der Waals surface area contributed by atoms with Crippen molar-refractivity contribution in [2.24, 2.45) is 0 Å². The van der Waals surface area contributed by atoms with Crippen molar-refractivity contribution in [3.8, 4) is 0 Å². The summed E-state index contributed by atoms with van der Waals surface area (Å²) in [5.74, 6) is 0.209. The normalized spacial score (nSPS) is 32.1. The number of carbonyl (C=O) groups excluding carboxylic acids is 1. The van der Waals surface area contributed by atoms with Crippen LogP contribution < -0.4 is 5.32 Å². The number of nitrogens with one attached hydrogen (secondary N) is 1. The highest BCUT2D eigenvalue weighted by atomic mass is 19.4. The topological polar surface area (TPSA) is 95.7 Å². The molecule has 34 heavy (non-hydrogen) atoms. The largest absolute Gasteiger partial charge is 0.522 e. The fraction of sp³-hybridized carbons (Fsp3) is 0.850. The molecule has 0 aliphatic heterocycles. The number of rotatable bonds is 8. The van der Waals surface area contributed by atoms with E-state index in [4.69, 9.17) is 9.15 Å². The molecule has 3 aliphatic carbocycles. The van der Waals surface area contributed by atoms with Crippen LogP contribution in [0.4, 0.5) is 26.3 Å². The molecule has 192 valence electrons. The van der Waals surface area contributed by atoms with Crippen molar-refractivity contribution in [2.75, 3.05) is 6.61 Å². The summed E-state index contributed by atoms with van der Waals surface area (Å²) in [7, 11) is 0. The van der Waals surface area contributed by atoms with Gasteiger partial charge in [0.2, 0.25) is 17.7 Å². The van der Waals surface area contributed by atoms with E-state index in [9.17, 15) is 31.1 Å². The van der Waals surface area contributed by atoms with Crippen molar-refractivity contribution >= 4 is 5.91 Å². The second-order valence-corrected chi connectivity index (χ2v) is 9.04. The van der Waals surface area contributed by atoms with Crippen molar-refractivity contribution < 1.29 is 49.8 Å². The molecule has 1 aromatic heterocycles. The lowest BCUT2D eigenvalue weighted by atomic mass is 9.82. The molecular formula is C20H25F6N3O5. The van der Waals surface area contributed by atoms with Gasteiger partial charge in [-0.1, -0.05) is 0 Å². The number of amides is 1. The fourth-order valence-corrected chi connectivity index (χ4v) is 4.52. The van der Waals surface area contributed by atoms with Gasteiger partial charge in [-0.3, -0.25) is 14.3 Å². The number of aromatic nitrogens is 2. The summed E-state index contributed by atoms with van der Waals surface area (Å²) in [6.45, 7) is -0.225. The van der Waals surface area contributed by atoms with Gasteiger partial charge >= 0.3 is 12.7 Å². The molecule has 1 aromatic rings. The number of ether oxygens (including phenoxy) is 3. The Balaban J connectivity index is 1.11. The lowest BCUT2D eigenvalue weighted by molar-refractivity contribution is -0.357. The van der Waals surface area contributed by atoms with Gasteiger partial charge in [-0.15, -0.1) is 36.5 Å². The molecule has 0 aromatic carbocycles. The minimum Gasteiger partial charge on any atom is -0.425 e. The van der Waals surface area contributed by atoms with E-state index in [1.807, 2.05) is 0 Å². The van der Waals surface area contributed by atoms with Crippen LogP contribution in [0, 0.1) is 0 Å². The zero-order valence-electron chi connectivity index (χ0n) is 18.0. The molecule has 3 fully saturated rings. The van der Waals surface area contributed by atoms with Gasteiger partial charge in [-0.05, 0) is 38.5 Å². The maximum atomic E-state index is 12.2. The first-order valence-electron chi connectivity index (χ1n) is 11.2. The van der Waals surface area contributed by atoms with Gasteiger partial charge in [0.25, 0.3) is 0 Å². The first-order valence-corrected chi connectivity index (χ1v) is 11.2. The maximum Gasteiger partial charge on any atom is 0.522 e. The first-order chi connectivity index (χ1) is 15.9. The molecule has 14 heteroatoms. The van der Waals surface area contributed by atoms with Crippen LogP contribution >= 0.6 is 0 Å². The zero-order chi connectivity index (χ0) is 24.5. The smallest absolute Gasteiger partial charge is 0.425 e. The van der Waals surface area contributed by atoms with E-state index >= 15 is 0 Å². The van der Waals surface area contributed by atoms with Gasteiger partial charge in [0.05, 0.1) is 18.3 Å². The molecular weight excluding hydrogens is 476 g/mol. The summed E-state index contributed by atoms with van der Waals surface area (Å²) < 4.78 is 91.9. The van der Waals surface area contributed by atoms with E-state index in [2.05, 4.69) is 25.0 Å². The number of nitrogens with zero attached hydrogens (tertiary/aromatic N) is 2. The van der Waals surface area contributed by atoms with Crippen LogP contribution in [0.1, 0.15) is 75.0 Å². The standard InChI is InChI=1S/C20H25F6N3O5/c21-19(22,23)33-14-5-11(6-14)18-29-28-17(32-18)10-1-3-12(4-2-10)27-16(30)9-31-13-7-15(8-13)34-20(24,25)26/h10-15H,1-9H2,(H,27,30)/t10?,11-,12?,13-,14-,15-. The van der Waals surface area contributed by atoms with Crippen LogP contribution in [-0.2, 0) is 19.0 Å². The van der Waals surface area contributed by atoms with E-state index in [0.29, 0.717) is 37.5 Å². The highest BCUT2D eigenvalue weighted by molar-refractivity contribution is 5.77. The van der Waals surface area contributed by atoms with Gasteiger partial charge in [-0.25, -0.2) is 0 Å². The van der Waals surface area contributed by atoms with Crippen molar-refractivity contribution in [1.29, 1.82) is 0 Å². The van der Waals surface area contributed by atoms with Gasteiger partial charge in [0, 0.05) is 30.7 Å². The molecule has 3 saturated carbocycles. The Bertz CT molecular complexity index is 827. The van der Waals surface area contributed by atoms with E-state index in [-0.39, 0.29) is 56.1 Å². The molecule has 0 bridgehead atoms. The molecule has 0 unspecified atom stereocenters. The van der Waals surface area contributed by atoms with E-state index in [1.165, 1.54) is 0 Å². The minimum atomic E-state index is -4.67. The summed E-state index contributed by atoms with van der Waals surface area (Å²) >= 11 is 0. The number of halogens is 6. The Morgan fingerprint density at radius 3 is 1.91 bits per heavy atom. The van der Waals surface area contributed by atoms with Crippen LogP contribution in [0.3, 0.4) is 0 Å². The predicted octanol–water partition coefficient (Wildman–Crippen LogP) is 4.08. The van der Waals surface area contributed by atoms with Gasteiger partial charge in [0.15, 0.2) is 0 Å². The lowest BCUT2D eigenvalue weighted by Crippen LogP contribution is -2.44. The third-order valence-electron chi connectivity index (χ3n) is 6.44. The molecule has 0 spiro atoms. The van der Waals surface area contributed by atoms with Crippen molar-refractivity contribution in [3.63, 3.8) is 0 Å². The first kappa shape index (κ1) is 25.2. The molecule has 3 aliphatic rings. The molecule has 0 radical (unpaired) electrons. The molecule has 0 saturated heterocycles. The zero-order valence-corrected chi connectivity index (χ0v) is 18.0. The molecule has 8 nitrogen and oxygen atoms in total. The summed E-state index contributed by atoms with van der Waals surface area (Å²) in [4.78, 5) is 12.1. The molecule has 1 amide bonds. The van der Waals surface area contributed by atoms with Gasteiger partial charge in [-0.2, -0.15) is 0 Å². The van der Waals surface area contributed by atoms with Crippen molar-refractivity contribution in [3.05, 3.63) is 11.8 Å². The van der Waals surface area contributed by atoms with Gasteiger partial charge in [0.1, 0.15) is 6.61 Å². The minimum absolute atomic E-state index is 0.00786. The number of hydrogen-bond acceptors (Lipinski definition) is 7. The third kappa shape index (κ3) is 7.04. The SMILES string of the molecule is O=C(CO[C@H]1C[C@H](OC(F)(F)F)C1)NC1CCC(c2nnc([C@H]3C[C@H](OC(F)(F)F)C3)o2)CC1. The second kappa shape index (κ2) is 9.97. The average Bonchev–Trinajstić information content (AvgIpc) is 3.14. The Labute approximate surface area is 190 Å². The highest BCUT2D eigenvalue weighted by Crippen LogP contribution is 2.42. The summed E-state index contributed by atoms with van der Waals surface area (Å²) in [5, 5.41) is 10.9. The molecule has 4 rings (SSSR count). The van der Waals surface area contributed by atoms with E-state index in [1.54, 1.807) is 0 Å². The van der Waals surface area contributed by atoms with Crippen LogP contribution in [0.2, 0.25) is 0 Å². The van der Waals surface area contributed by atoms with Crippen molar-refractivity contribution in [1.82, 2.24) is 15.5 Å². The van der Waals surface area contributed by atoms with Crippen LogP contribution in [-0.4, -0.2) is 59.8 Å². The van der Waals surface area contributed by atoms with Crippen LogP contribution in [0.25, 0.3) is 0 Å². The summed E-state index contributed by atoms with van der Waals surface area (Å²) in [5.41, 5.74) is 0. The van der Waals surface area contributed by atoms with Crippen LogP contribution in [0.5, 0.6) is 0 Å². The van der Waals surface area contributed by atoms with Gasteiger partial charge < -0.3 is 14.5 Å². The third-order valence-corrected chi connectivity index (χ3v) is 6.44. The Morgan fingerprint density at radius 2 is 1.35 bits per heavy atom. The van der Waals surface area contributed by atoms with Crippen LogP contribution in [0.15, 0.2) is 4.42 Å². The average molecular weight is 501 g/mol. The molecule has 1 N–H and O–H groups in total. The second-order valence-electron chi connectivity index (χ2n) is 9.04. The summed E-state index contributed by atoms with van der Waals surface area (Å²) in [6, 6.07) is -0.0654. The quantitative estimate of drug-likeness (QED) is 0.537. The number of alkyl halides is 6. The fourth-order valence-electron chi connectivity index (χ4n) is 4.52. The maximum absolute atomic E-state index is 12.2. The molecule has 0 atom stereocenters. The Morgan fingerprint density at radius 1 is 0.824 bits per heavy atom. The Kier molecular flexibility index (Phi) is 7.38. The number of hydrogen-bond donors (Lipinski definition) is 1. The Hall–Kier alpha value is -1.93. The molecule has 1 heterocycles. The van der Waals surface area contributed by atoms with Crippen molar-refractivity contribution in [2.45, 2.75) is 100 Å². The number of carbonyl (C=O) groups is 1. The van der Waals surface area contributed by atoms with E-state index in [0.717, 1.165) is 0 Å². The lowest BCUT2D eigenvalue weighted by Gasteiger charge is -2.35. The monoisotopic (exact) mass is 501 g/mol. The highest BCUT2D eigenvalue weighted by Gasteiger charge is 2.43. The van der Waals surface area contributed by atoms with E-state index < -0.39 is 31.0 Å².